The number of aromatic nitrogens is 2. The second-order valence-electron chi connectivity index (χ2n) is 4.52. The maximum Gasteiger partial charge on any atom is 0.0949 e. The van der Waals surface area contributed by atoms with Crippen molar-refractivity contribution in [2.75, 3.05) is 13.7 Å². The maximum atomic E-state index is 5.30. The van der Waals surface area contributed by atoms with Gasteiger partial charge in [0.1, 0.15) is 0 Å². The average Bonchev–Trinajstić information content (AvgIpc) is 2.78. The van der Waals surface area contributed by atoms with Gasteiger partial charge in [0.15, 0.2) is 0 Å². The molecule has 16 heavy (non-hydrogen) atoms. The molecule has 2 atom stereocenters. The van der Waals surface area contributed by atoms with E-state index in [1.54, 1.807) is 7.11 Å². The Kier molecular flexibility index (Phi) is 3.96. The van der Waals surface area contributed by atoms with Crippen LogP contribution in [0.2, 0.25) is 0 Å². The van der Waals surface area contributed by atoms with Crippen molar-refractivity contribution in [3.63, 3.8) is 0 Å². The molecule has 0 bridgehead atoms. The Morgan fingerprint density at radius 2 is 2.50 bits per heavy atom. The first-order chi connectivity index (χ1) is 7.81. The minimum atomic E-state index is 0.233. The highest BCUT2D eigenvalue weighted by Gasteiger charge is 2.18. The molecule has 0 spiro atoms. The highest BCUT2D eigenvalue weighted by atomic mass is 16.5. The van der Waals surface area contributed by atoms with Crippen molar-refractivity contribution in [1.82, 2.24) is 14.9 Å². The zero-order chi connectivity index (χ0) is 11.4. The molecule has 1 aromatic rings. The molecule has 1 aliphatic heterocycles. The van der Waals surface area contributed by atoms with Gasteiger partial charge in [0.05, 0.1) is 18.1 Å². The molecule has 1 aliphatic rings. The number of methoxy groups -OCH3 is 1. The lowest BCUT2D eigenvalue weighted by molar-refractivity contribution is 0.102. The first kappa shape index (κ1) is 11.6. The minimum absolute atomic E-state index is 0.233. The molecule has 2 heterocycles. The summed E-state index contributed by atoms with van der Waals surface area (Å²) in [6.45, 7) is 4.08. The summed E-state index contributed by atoms with van der Waals surface area (Å²) in [6, 6.07) is 0.473. The molecule has 90 valence electrons. The van der Waals surface area contributed by atoms with E-state index in [-0.39, 0.29) is 6.10 Å². The number of ether oxygens (including phenoxy) is 1. The Balaban J connectivity index is 2.05. The van der Waals surface area contributed by atoms with Crippen LogP contribution in [0, 0.1) is 0 Å². The van der Waals surface area contributed by atoms with Crippen LogP contribution in [0.1, 0.15) is 37.9 Å². The van der Waals surface area contributed by atoms with Gasteiger partial charge in [-0.1, -0.05) is 6.42 Å². The van der Waals surface area contributed by atoms with Crippen LogP contribution >= 0.6 is 0 Å². The van der Waals surface area contributed by atoms with Crippen molar-refractivity contribution in [3.8, 4) is 0 Å². The minimum Gasteiger partial charge on any atom is -0.380 e. The average molecular weight is 223 g/mol. The van der Waals surface area contributed by atoms with E-state index in [2.05, 4.69) is 21.8 Å². The molecule has 4 nitrogen and oxygen atoms in total. The van der Waals surface area contributed by atoms with Gasteiger partial charge in [-0.2, -0.15) is 0 Å². The van der Waals surface area contributed by atoms with Crippen molar-refractivity contribution in [1.29, 1.82) is 0 Å². The van der Waals surface area contributed by atoms with E-state index in [9.17, 15) is 0 Å². The standard InChI is InChI=1S/C12H21N3O/c1-10(16-2)8-15-9-13-7-12(15)11-5-3-4-6-14-11/h7,9-11,14H,3-6,8H2,1-2H3. The van der Waals surface area contributed by atoms with Gasteiger partial charge >= 0.3 is 0 Å². The van der Waals surface area contributed by atoms with Crippen LogP contribution < -0.4 is 5.32 Å². The number of piperidine rings is 1. The van der Waals surface area contributed by atoms with E-state index in [0.29, 0.717) is 6.04 Å². The first-order valence-electron chi connectivity index (χ1n) is 6.07. The van der Waals surface area contributed by atoms with Crippen molar-refractivity contribution in [2.24, 2.45) is 0 Å². The summed E-state index contributed by atoms with van der Waals surface area (Å²) in [4.78, 5) is 4.25. The van der Waals surface area contributed by atoms with E-state index in [1.807, 2.05) is 12.5 Å². The first-order valence-corrected chi connectivity index (χ1v) is 6.07. The summed E-state index contributed by atoms with van der Waals surface area (Å²) in [5, 5.41) is 3.55. The largest absolute Gasteiger partial charge is 0.380 e. The van der Waals surface area contributed by atoms with Gasteiger partial charge in [0.2, 0.25) is 0 Å². The summed E-state index contributed by atoms with van der Waals surface area (Å²) >= 11 is 0. The molecule has 0 aromatic carbocycles. The molecule has 2 rings (SSSR count). The normalized spacial score (nSPS) is 23.2. The Hall–Kier alpha value is -0.870. The number of rotatable bonds is 4. The van der Waals surface area contributed by atoms with Crippen LogP contribution in [0.3, 0.4) is 0 Å². The number of nitrogens with zero attached hydrogens (tertiary/aromatic N) is 2. The van der Waals surface area contributed by atoms with E-state index < -0.39 is 0 Å². The van der Waals surface area contributed by atoms with Crippen LogP contribution in [0.5, 0.6) is 0 Å². The van der Waals surface area contributed by atoms with E-state index in [0.717, 1.165) is 13.1 Å². The van der Waals surface area contributed by atoms with Crippen LogP contribution in [-0.2, 0) is 11.3 Å². The second kappa shape index (κ2) is 5.46. The molecule has 0 aliphatic carbocycles. The van der Waals surface area contributed by atoms with Crippen molar-refractivity contribution >= 4 is 0 Å². The summed E-state index contributed by atoms with van der Waals surface area (Å²) in [5.41, 5.74) is 1.30. The Morgan fingerprint density at radius 3 is 3.19 bits per heavy atom. The molecule has 1 fully saturated rings. The molecular formula is C12H21N3O. The number of hydrogen-bond donors (Lipinski definition) is 1. The lowest BCUT2D eigenvalue weighted by atomic mass is 10.0. The Morgan fingerprint density at radius 1 is 1.62 bits per heavy atom. The number of imidazole rings is 1. The van der Waals surface area contributed by atoms with Crippen LogP contribution in [0.15, 0.2) is 12.5 Å². The SMILES string of the molecule is COC(C)Cn1cncc1C1CCCCN1. The van der Waals surface area contributed by atoms with E-state index >= 15 is 0 Å². The molecule has 1 aromatic heterocycles. The molecule has 0 amide bonds. The third-order valence-electron chi connectivity index (χ3n) is 3.27. The van der Waals surface area contributed by atoms with Crippen LogP contribution in [0.4, 0.5) is 0 Å². The van der Waals surface area contributed by atoms with Gasteiger partial charge in [-0.3, -0.25) is 0 Å². The molecule has 0 radical (unpaired) electrons. The summed E-state index contributed by atoms with van der Waals surface area (Å²) in [7, 11) is 1.75. The van der Waals surface area contributed by atoms with Gasteiger partial charge in [-0.05, 0) is 26.3 Å². The Labute approximate surface area is 97.0 Å². The molecule has 4 heteroatoms. The molecule has 1 N–H and O–H groups in total. The highest BCUT2D eigenvalue weighted by molar-refractivity contribution is 5.06. The quantitative estimate of drug-likeness (QED) is 0.845. The lowest BCUT2D eigenvalue weighted by Gasteiger charge is -2.25. The fourth-order valence-corrected chi connectivity index (χ4v) is 2.23. The third kappa shape index (κ3) is 2.62. The van der Waals surface area contributed by atoms with Gasteiger partial charge in [0, 0.05) is 25.9 Å². The number of nitrogens with one attached hydrogen (secondary N) is 1. The Bertz CT molecular complexity index is 318. The zero-order valence-corrected chi connectivity index (χ0v) is 10.1. The number of hydrogen-bond acceptors (Lipinski definition) is 3. The van der Waals surface area contributed by atoms with Gasteiger partial charge in [0.25, 0.3) is 0 Å². The summed E-state index contributed by atoms with van der Waals surface area (Å²) < 4.78 is 7.50. The van der Waals surface area contributed by atoms with Gasteiger partial charge in [-0.25, -0.2) is 4.98 Å². The van der Waals surface area contributed by atoms with Crippen molar-refractivity contribution in [2.45, 2.75) is 44.9 Å². The van der Waals surface area contributed by atoms with Crippen molar-refractivity contribution in [3.05, 3.63) is 18.2 Å². The predicted molar refractivity (Wildman–Crippen MR) is 63.3 cm³/mol. The molecule has 1 saturated heterocycles. The summed E-state index contributed by atoms with van der Waals surface area (Å²) in [6.07, 6.45) is 7.93. The van der Waals surface area contributed by atoms with Crippen LogP contribution in [0.25, 0.3) is 0 Å². The van der Waals surface area contributed by atoms with Gasteiger partial charge in [-0.15, -0.1) is 0 Å². The maximum absolute atomic E-state index is 5.30. The van der Waals surface area contributed by atoms with E-state index in [1.165, 1.54) is 25.0 Å². The van der Waals surface area contributed by atoms with Gasteiger partial charge < -0.3 is 14.6 Å². The van der Waals surface area contributed by atoms with Crippen LogP contribution in [-0.4, -0.2) is 29.3 Å². The molecular weight excluding hydrogens is 202 g/mol. The zero-order valence-electron chi connectivity index (χ0n) is 10.1. The van der Waals surface area contributed by atoms with Crippen molar-refractivity contribution < 1.29 is 4.74 Å². The van der Waals surface area contributed by atoms with E-state index in [4.69, 9.17) is 4.74 Å². The second-order valence-corrected chi connectivity index (χ2v) is 4.52. The molecule has 2 unspecified atom stereocenters. The fourth-order valence-electron chi connectivity index (χ4n) is 2.23. The highest BCUT2D eigenvalue weighted by Crippen LogP contribution is 2.22. The molecule has 0 saturated carbocycles. The predicted octanol–water partition coefficient (Wildman–Crippen LogP) is 1.73. The smallest absolute Gasteiger partial charge is 0.0949 e. The monoisotopic (exact) mass is 223 g/mol. The topological polar surface area (TPSA) is 39.1 Å². The third-order valence-corrected chi connectivity index (χ3v) is 3.27. The fraction of sp³-hybridized carbons (Fsp3) is 0.750. The lowest BCUT2D eigenvalue weighted by Crippen LogP contribution is -2.29. The summed E-state index contributed by atoms with van der Waals surface area (Å²) in [5.74, 6) is 0.